The maximum absolute atomic E-state index is 11.1. The average molecular weight is 243 g/mol. The lowest BCUT2D eigenvalue weighted by Crippen LogP contribution is -2.56. The molecule has 6 unspecified atom stereocenters. The van der Waals surface area contributed by atoms with Crippen molar-refractivity contribution >= 4 is 5.97 Å². The summed E-state index contributed by atoms with van der Waals surface area (Å²) in [6, 6.07) is -0.345. The van der Waals surface area contributed by atoms with E-state index in [1.54, 1.807) is 6.92 Å². The van der Waals surface area contributed by atoms with Gasteiger partial charge in [0.25, 0.3) is 0 Å². The van der Waals surface area contributed by atoms with Crippen LogP contribution in [0.1, 0.15) is 20.8 Å². The minimum Gasteiger partial charge on any atom is -0.479 e. The van der Waals surface area contributed by atoms with Crippen molar-refractivity contribution in [1.29, 1.82) is 0 Å². The van der Waals surface area contributed by atoms with E-state index < -0.39 is 24.3 Å². The van der Waals surface area contributed by atoms with E-state index in [1.807, 2.05) is 13.8 Å². The maximum atomic E-state index is 11.1. The van der Waals surface area contributed by atoms with Crippen molar-refractivity contribution in [2.45, 2.75) is 45.1 Å². The topological polar surface area (TPSA) is 92.8 Å². The van der Waals surface area contributed by atoms with E-state index in [9.17, 15) is 9.90 Å². The summed E-state index contributed by atoms with van der Waals surface area (Å²) in [6.45, 7) is 9.01. The highest BCUT2D eigenvalue weighted by molar-refractivity contribution is 5.73. The van der Waals surface area contributed by atoms with Crippen molar-refractivity contribution < 1.29 is 19.7 Å². The number of hydrogen-bond donors (Lipinski definition) is 3. The molecule has 0 aromatic carbocycles. The molecule has 1 fully saturated rings. The van der Waals surface area contributed by atoms with Gasteiger partial charge in [0.1, 0.15) is 0 Å². The van der Waals surface area contributed by atoms with Crippen LogP contribution in [-0.4, -0.2) is 40.5 Å². The predicted octanol–water partition coefficient (Wildman–Crippen LogP) is 0.375. The summed E-state index contributed by atoms with van der Waals surface area (Å²) in [4.78, 5) is 11.1. The number of rotatable bonds is 3. The van der Waals surface area contributed by atoms with Crippen LogP contribution in [0.15, 0.2) is 12.2 Å². The number of aliphatic hydroxyl groups is 1. The molecule has 1 rings (SSSR count). The normalized spacial score (nSPS) is 39.7. The molecule has 0 aromatic rings. The molecule has 1 aliphatic heterocycles. The highest BCUT2D eigenvalue weighted by Crippen LogP contribution is 2.33. The molecule has 0 bridgehead atoms. The Hall–Kier alpha value is -0.910. The Kier molecular flexibility index (Phi) is 4.30. The second kappa shape index (κ2) is 5.16. The van der Waals surface area contributed by atoms with Crippen LogP contribution in [0.4, 0.5) is 0 Å². The first-order chi connectivity index (χ1) is 7.77. The number of aliphatic hydroxyl groups excluding tert-OH is 1. The zero-order valence-corrected chi connectivity index (χ0v) is 10.5. The summed E-state index contributed by atoms with van der Waals surface area (Å²) in [5.74, 6) is -1.18. The number of carboxylic acid groups (broad SMARTS) is 1. The Balaban J connectivity index is 2.93. The smallest absolute Gasteiger partial charge is 0.333 e. The van der Waals surface area contributed by atoms with Crippen molar-refractivity contribution in [3.05, 3.63) is 12.2 Å². The fraction of sp³-hybridized carbons (Fsp3) is 0.750. The molecule has 0 aromatic heterocycles. The van der Waals surface area contributed by atoms with Crippen LogP contribution in [0.25, 0.3) is 0 Å². The van der Waals surface area contributed by atoms with Gasteiger partial charge in [0.2, 0.25) is 0 Å². The molecule has 6 atom stereocenters. The number of hydrogen-bond acceptors (Lipinski definition) is 4. The van der Waals surface area contributed by atoms with Crippen LogP contribution in [-0.2, 0) is 9.53 Å². The Bertz CT molecular complexity index is 316. The number of carbonyl (C=O) groups is 1. The third-order valence-corrected chi connectivity index (χ3v) is 3.70. The number of carboxylic acids is 1. The Morgan fingerprint density at radius 3 is 2.29 bits per heavy atom. The first-order valence-electron chi connectivity index (χ1n) is 5.78. The summed E-state index contributed by atoms with van der Waals surface area (Å²) in [5, 5.41) is 18.6. The summed E-state index contributed by atoms with van der Waals surface area (Å²) in [5.41, 5.74) is 6.46. The molecule has 0 spiro atoms. The molecule has 0 radical (unpaired) electrons. The minimum atomic E-state index is -1.00. The lowest BCUT2D eigenvalue weighted by atomic mass is 9.78. The molecule has 98 valence electrons. The van der Waals surface area contributed by atoms with E-state index in [2.05, 4.69) is 6.58 Å². The monoisotopic (exact) mass is 243 g/mol. The van der Waals surface area contributed by atoms with Gasteiger partial charge in [-0.05, 0) is 24.3 Å². The molecule has 5 heteroatoms. The first kappa shape index (κ1) is 14.2. The van der Waals surface area contributed by atoms with Crippen molar-refractivity contribution in [3.8, 4) is 0 Å². The zero-order chi connectivity index (χ0) is 13.3. The Morgan fingerprint density at radius 2 is 1.88 bits per heavy atom. The Labute approximate surface area is 101 Å². The third kappa shape index (κ3) is 2.68. The second-order valence-electron chi connectivity index (χ2n) is 4.86. The summed E-state index contributed by atoms with van der Waals surface area (Å²) in [6.07, 6.45) is -2.27. The molecule has 0 saturated carbocycles. The lowest BCUT2D eigenvalue weighted by Gasteiger charge is -2.43. The van der Waals surface area contributed by atoms with Gasteiger partial charge in [0.05, 0.1) is 12.2 Å². The molecule has 1 saturated heterocycles. The van der Waals surface area contributed by atoms with Gasteiger partial charge in [0, 0.05) is 6.04 Å². The highest BCUT2D eigenvalue weighted by atomic mass is 16.5. The molecule has 0 aliphatic carbocycles. The van der Waals surface area contributed by atoms with E-state index in [4.69, 9.17) is 15.6 Å². The summed E-state index contributed by atoms with van der Waals surface area (Å²) < 4.78 is 5.48. The quantitative estimate of drug-likeness (QED) is 0.623. The van der Waals surface area contributed by atoms with Gasteiger partial charge in [-0.1, -0.05) is 20.4 Å². The van der Waals surface area contributed by atoms with E-state index >= 15 is 0 Å². The van der Waals surface area contributed by atoms with Crippen LogP contribution in [0, 0.1) is 11.8 Å². The summed E-state index contributed by atoms with van der Waals surface area (Å²) in [7, 11) is 0. The van der Waals surface area contributed by atoms with Gasteiger partial charge in [-0.25, -0.2) is 4.79 Å². The number of ether oxygens (including phenoxy) is 1. The standard InChI is InChI=1S/C12H21NO4/c1-5-6(2)11(12(15)16)17-10(9(5)13)7(3)8(4)14/h5-6,8-11,14H,3,13H2,1-2,4H3,(H,15,16). The van der Waals surface area contributed by atoms with Gasteiger partial charge in [0.15, 0.2) is 6.10 Å². The van der Waals surface area contributed by atoms with E-state index in [0.29, 0.717) is 5.57 Å². The van der Waals surface area contributed by atoms with Gasteiger partial charge in [-0.2, -0.15) is 0 Å². The maximum Gasteiger partial charge on any atom is 0.333 e. The van der Waals surface area contributed by atoms with E-state index in [-0.39, 0.29) is 17.9 Å². The van der Waals surface area contributed by atoms with Crippen LogP contribution in [0.2, 0.25) is 0 Å². The largest absolute Gasteiger partial charge is 0.479 e. The molecule has 0 amide bonds. The van der Waals surface area contributed by atoms with Crippen LogP contribution in [0.3, 0.4) is 0 Å². The van der Waals surface area contributed by atoms with E-state index in [1.165, 1.54) is 0 Å². The molecule has 17 heavy (non-hydrogen) atoms. The van der Waals surface area contributed by atoms with Crippen molar-refractivity contribution in [2.75, 3.05) is 0 Å². The molecule has 1 heterocycles. The van der Waals surface area contributed by atoms with Crippen molar-refractivity contribution in [1.82, 2.24) is 0 Å². The predicted molar refractivity (Wildman–Crippen MR) is 63.4 cm³/mol. The second-order valence-corrected chi connectivity index (χ2v) is 4.86. The Morgan fingerprint density at radius 1 is 1.35 bits per heavy atom. The van der Waals surface area contributed by atoms with Crippen LogP contribution >= 0.6 is 0 Å². The SMILES string of the molecule is C=C(C(C)O)C1OC(C(=O)O)C(C)C(C)C1N. The number of nitrogens with two attached hydrogens (primary N) is 1. The number of aliphatic carboxylic acids is 1. The van der Waals surface area contributed by atoms with Crippen molar-refractivity contribution in [2.24, 2.45) is 17.6 Å². The van der Waals surface area contributed by atoms with Crippen molar-refractivity contribution in [3.63, 3.8) is 0 Å². The lowest BCUT2D eigenvalue weighted by molar-refractivity contribution is -0.169. The van der Waals surface area contributed by atoms with Gasteiger partial charge in [-0.15, -0.1) is 0 Å². The summed E-state index contributed by atoms with van der Waals surface area (Å²) >= 11 is 0. The highest BCUT2D eigenvalue weighted by Gasteiger charge is 2.44. The first-order valence-corrected chi connectivity index (χ1v) is 5.78. The molecule has 1 aliphatic rings. The van der Waals surface area contributed by atoms with Gasteiger partial charge in [-0.3, -0.25) is 0 Å². The molecular formula is C12H21NO4. The van der Waals surface area contributed by atoms with Gasteiger partial charge >= 0.3 is 5.97 Å². The van der Waals surface area contributed by atoms with Crippen LogP contribution < -0.4 is 5.73 Å². The molecule has 4 N–H and O–H groups in total. The molecule has 5 nitrogen and oxygen atoms in total. The van der Waals surface area contributed by atoms with Gasteiger partial charge < -0.3 is 20.7 Å². The zero-order valence-electron chi connectivity index (χ0n) is 10.5. The fourth-order valence-corrected chi connectivity index (χ4v) is 2.13. The third-order valence-electron chi connectivity index (χ3n) is 3.70. The van der Waals surface area contributed by atoms with E-state index in [0.717, 1.165) is 0 Å². The fourth-order valence-electron chi connectivity index (χ4n) is 2.13. The minimum absolute atomic E-state index is 0.00894. The molecular weight excluding hydrogens is 222 g/mol. The average Bonchev–Trinajstić information content (AvgIpc) is 2.24. The van der Waals surface area contributed by atoms with Crippen LogP contribution in [0.5, 0.6) is 0 Å².